The molecule has 0 fully saturated rings. The number of likely N-dealkylation sites (N-methyl/N-ethyl adjacent to an activating group) is 1. The summed E-state index contributed by atoms with van der Waals surface area (Å²) < 4.78 is 14.4. The van der Waals surface area contributed by atoms with Crippen LogP contribution in [0, 0.1) is 5.82 Å². The van der Waals surface area contributed by atoms with E-state index in [9.17, 15) is 14.0 Å². The highest BCUT2D eigenvalue weighted by Gasteiger charge is 2.30. The summed E-state index contributed by atoms with van der Waals surface area (Å²) in [5.74, 6) is -0.844. The molecule has 0 radical (unpaired) electrons. The molecule has 31 heavy (non-hydrogen) atoms. The molecule has 0 spiro atoms. The van der Waals surface area contributed by atoms with E-state index in [1.807, 2.05) is 60.7 Å². The van der Waals surface area contributed by atoms with Crippen LogP contribution in [-0.2, 0) is 29.0 Å². The van der Waals surface area contributed by atoms with Gasteiger partial charge in [0.25, 0.3) is 0 Å². The number of nitrogens with zero attached hydrogens (tertiary/aromatic N) is 1. The van der Waals surface area contributed by atoms with Gasteiger partial charge < -0.3 is 10.2 Å². The van der Waals surface area contributed by atoms with E-state index in [2.05, 4.69) is 5.32 Å². The number of nitrogens with one attached hydrogen (secondary N) is 1. The minimum Gasteiger partial charge on any atom is -0.357 e. The summed E-state index contributed by atoms with van der Waals surface area (Å²) >= 11 is 0. The minimum absolute atomic E-state index is 0.0330. The molecule has 0 heterocycles. The van der Waals surface area contributed by atoms with Gasteiger partial charge in [0, 0.05) is 32.0 Å². The number of aryl methyl sites for hydroxylation is 1. The predicted molar refractivity (Wildman–Crippen MR) is 120 cm³/mol. The zero-order valence-corrected chi connectivity index (χ0v) is 17.6. The Morgan fingerprint density at radius 1 is 0.871 bits per heavy atom. The Kier molecular flexibility index (Phi) is 7.93. The van der Waals surface area contributed by atoms with Gasteiger partial charge in [-0.1, -0.05) is 78.9 Å². The van der Waals surface area contributed by atoms with Gasteiger partial charge in [0.1, 0.15) is 11.9 Å². The fourth-order valence-electron chi connectivity index (χ4n) is 3.57. The number of benzene rings is 3. The molecule has 0 aliphatic heterocycles. The van der Waals surface area contributed by atoms with Crippen molar-refractivity contribution in [3.05, 3.63) is 107 Å². The Bertz CT molecular complexity index is 993. The van der Waals surface area contributed by atoms with Crippen molar-refractivity contribution >= 4 is 11.8 Å². The second-order valence-corrected chi connectivity index (χ2v) is 7.42. The van der Waals surface area contributed by atoms with E-state index in [1.165, 1.54) is 11.0 Å². The fraction of sp³-hybridized carbons (Fsp3) is 0.231. The van der Waals surface area contributed by atoms with E-state index >= 15 is 0 Å². The first kappa shape index (κ1) is 22.2. The molecule has 1 N–H and O–H groups in total. The number of carbonyl (C=O) groups is 2. The van der Waals surface area contributed by atoms with Gasteiger partial charge in [-0.05, 0) is 23.6 Å². The van der Waals surface area contributed by atoms with Crippen molar-refractivity contribution in [2.45, 2.75) is 31.8 Å². The molecule has 0 aliphatic rings. The summed E-state index contributed by atoms with van der Waals surface area (Å²) in [4.78, 5) is 27.6. The molecule has 3 aromatic carbocycles. The van der Waals surface area contributed by atoms with Crippen molar-refractivity contribution in [3.63, 3.8) is 0 Å². The highest BCUT2D eigenvalue weighted by atomic mass is 19.1. The normalized spacial score (nSPS) is 11.5. The highest BCUT2D eigenvalue weighted by molar-refractivity contribution is 5.88. The number of halogens is 1. The van der Waals surface area contributed by atoms with Crippen LogP contribution in [0.3, 0.4) is 0 Å². The van der Waals surface area contributed by atoms with Crippen LogP contribution in [0.15, 0.2) is 84.9 Å². The van der Waals surface area contributed by atoms with Crippen LogP contribution in [0.25, 0.3) is 0 Å². The Morgan fingerprint density at radius 2 is 1.45 bits per heavy atom. The van der Waals surface area contributed by atoms with Gasteiger partial charge >= 0.3 is 0 Å². The van der Waals surface area contributed by atoms with Gasteiger partial charge in [0.05, 0.1) is 0 Å². The maximum Gasteiger partial charge on any atom is 0.242 e. The number of hydrogen-bond acceptors (Lipinski definition) is 2. The summed E-state index contributed by atoms with van der Waals surface area (Å²) in [5.41, 5.74) is 2.37. The van der Waals surface area contributed by atoms with E-state index in [-0.39, 0.29) is 24.8 Å². The first-order valence-corrected chi connectivity index (χ1v) is 10.4. The van der Waals surface area contributed by atoms with Gasteiger partial charge in [-0.2, -0.15) is 0 Å². The smallest absolute Gasteiger partial charge is 0.242 e. The SMILES string of the molecule is CNC(=O)[C@@H](Cc1ccccc1)N(Cc1ccccc1F)C(=O)CCc1ccccc1. The first-order chi connectivity index (χ1) is 15.1. The summed E-state index contributed by atoms with van der Waals surface area (Å²) in [6.07, 6.45) is 1.14. The van der Waals surface area contributed by atoms with Crippen molar-refractivity contribution in [2.24, 2.45) is 0 Å². The molecule has 0 saturated carbocycles. The van der Waals surface area contributed by atoms with Crippen molar-refractivity contribution in [1.29, 1.82) is 0 Å². The lowest BCUT2D eigenvalue weighted by Crippen LogP contribution is -2.49. The second kappa shape index (κ2) is 11.1. The average molecular weight is 419 g/mol. The largest absolute Gasteiger partial charge is 0.357 e. The third-order valence-corrected chi connectivity index (χ3v) is 5.29. The van der Waals surface area contributed by atoms with Crippen molar-refractivity contribution in [3.8, 4) is 0 Å². The van der Waals surface area contributed by atoms with Gasteiger partial charge in [0.15, 0.2) is 0 Å². The van der Waals surface area contributed by atoms with Crippen LogP contribution in [0.1, 0.15) is 23.1 Å². The average Bonchev–Trinajstić information content (AvgIpc) is 2.81. The van der Waals surface area contributed by atoms with Gasteiger partial charge in [0.2, 0.25) is 11.8 Å². The van der Waals surface area contributed by atoms with Crippen LogP contribution in [0.4, 0.5) is 4.39 Å². The molecule has 1 atom stereocenters. The van der Waals surface area contributed by atoms with Gasteiger partial charge in [-0.3, -0.25) is 9.59 Å². The Morgan fingerprint density at radius 3 is 2.06 bits per heavy atom. The maximum atomic E-state index is 14.4. The number of carbonyl (C=O) groups excluding carboxylic acids is 2. The van der Waals surface area contributed by atoms with Crippen LogP contribution >= 0.6 is 0 Å². The standard InChI is InChI=1S/C26H27FN2O2/c1-28-26(31)24(18-21-12-6-3-7-13-21)29(19-22-14-8-9-15-23(22)27)25(30)17-16-20-10-4-2-5-11-20/h2-15,24H,16-19H2,1H3,(H,28,31)/t24-/m1/s1. The van der Waals surface area contributed by atoms with E-state index in [1.54, 1.807) is 25.2 Å². The Labute approximate surface area is 182 Å². The third kappa shape index (κ3) is 6.25. The molecule has 3 aromatic rings. The van der Waals surface area contributed by atoms with E-state index in [4.69, 9.17) is 0 Å². The lowest BCUT2D eigenvalue weighted by atomic mass is 10.0. The molecule has 2 amide bonds. The van der Waals surface area contributed by atoms with E-state index in [0.717, 1.165) is 11.1 Å². The number of hydrogen-bond donors (Lipinski definition) is 1. The second-order valence-electron chi connectivity index (χ2n) is 7.42. The third-order valence-electron chi connectivity index (χ3n) is 5.29. The zero-order valence-electron chi connectivity index (χ0n) is 17.6. The quantitative estimate of drug-likeness (QED) is 0.568. The molecule has 0 unspecified atom stereocenters. The topological polar surface area (TPSA) is 49.4 Å². The van der Waals surface area contributed by atoms with Crippen molar-refractivity contribution in [2.75, 3.05) is 7.05 Å². The maximum absolute atomic E-state index is 14.4. The predicted octanol–water partition coefficient (Wildman–Crippen LogP) is 4.14. The van der Waals surface area contributed by atoms with E-state index in [0.29, 0.717) is 18.4 Å². The van der Waals surface area contributed by atoms with E-state index < -0.39 is 11.9 Å². The first-order valence-electron chi connectivity index (χ1n) is 10.4. The molecule has 160 valence electrons. The number of amides is 2. The highest BCUT2D eigenvalue weighted by Crippen LogP contribution is 2.18. The molecule has 0 aromatic heterocycles. The Balaban J connectivity index is 1.88. The summed E-state index contributed by atoms with van der Waals surface area (Å²) in [6, 6.07) is 24.9. The molecule has 3 rings (SSSR count). The van der Waals surface area contributed by atoms with Crippen LogP contribution in [-0.4, -0.2) is 29.8 Å². The van der Waals surface area contributed by atoms with Crippen LogP contribution in [0.5, 0.6) is 0 Å². The fourth-order valence-corrected chi connectivity index (χ4v) is 3.57. The molecule has 0 bridgehead atoms. The van der Waals surface area contributed by atoms with Crippen molar-refractivity contribution < 1.29 is 14.0 Å². The lowest BCUT2D eigenvalue weighted by molar-refractivity contribution is -0.141. The monoisotopic (exact) mass is 418 g/mol. The van der Waals surface area contributed by atoms with Gasteiger partial charge in [-0.25, -0.2) is 4.39 Å². The van der Waals surface area contributed by atoms with Crippen LogP contribution in [0.2, 0.25) is 0 Å². The molecule has 0 aliphatic carbocycles. The molecule has 5 heteroatoms. The zero-order chi connectivity index (χ0) is 22.1. The van der Waals surface area contributed by atoms with Crippen molar-refractivity contribution in [1.82, 2.24) is 10.2 Å². The summed E-state index contributed by atoms with van der Waals surface area (Å²) in [7, 11) is 1.55. The summed E-state index contributed by atoms with van der Waals surface area (Å²) in [5, 5.41) is 2.67. The lowest BCUT2D eigenvalue weighted by Gasteiger charge is -2.31. The molecular weight excluding hydrogens is 391 g/mol. The molecular formula is C26H27FN2O2. The molecule has 4 nitrogen and oxygen atoms in total. The van der Waals surface area contributed by atoms with Gasteiger partial charge in [-0.15, -0.1) is 0 Å². The number of rotatable bonds is 9. The summed E-state index contributed by atoms with van der Waals surface area (Å²) in [6.45, 7) is 0.0330. The minimum atomic E-state index is -0.740. The Hall–Kier alpha value is -3.47. The molecule has 0 saturated heterocycles. The van der Waals surface area contributed by atoms with Crippen LogP contribution < -0.4 is 5.32 Å².